The number of carbonyl (C=O) groups excluding carboxylic acids is 2. The van der Waals surface area contributed by atoms with Crippen LogP contribution >= 0.6 is 0 Å². The molecule has 8 nitrogen and oxygen atoms in total. The lowest BCUT2D eigenvalue weighted by atomic mass is 10.1. The van der Waals surface area contributed by atoms with Crippen molar-refractivity contribution in [3.8, 4) is 0 Å². The van der Waals surface area contributed by atoms with Crippen LogP contribution in [-0.2, 0) is 20.9 Å². The molecule has 1 aromatic rings. The number of nitrogens with two attached hydrogens (primary N) is 1. The van der Waals surface area contributed by atoms with Crippen molar-refractivity contribution in [1.29, 1.82) is 0 Å². The molecule has 26 heavy (non-hydrogen) atoms. The molecular weight excluding hydrogens is 334 g/mol. The Kier molecular flexibility index (Phi) is 7.35. The van der Waals surface area contributed by atoms with E-state index >= 15 is 0 Å². The number of pyridine rings is 1. The van der Waals surface area contributed by atoms with Gasteiger partial charge in [-0.15, -0.1) is 0 Å². The van der Waals surface area contributed by atoms with E-state index < -0.39 is 6.04 Å². The summed E-state index contributed by atoms with van der Waals surface area (Å²) < 4.78 is 5.53. The van der Waals surface area contributed by atoms with Crippen molar-refractivity contribution in [3.05, 3.63) is 23.9 Å². The summed E-state index contributed by atoms with van der Waals surface area (Å²) in [5, 5.41) is 5.31. The van der Waals surface area contributed by atoms with Crippen molar-refractivity contribution in [3.63, 3.8) is 0 Å². The van der Waals surface area contributed by atoms with Crippen molar-refractivity contribution in [1.82, 2.24) is 15.6 Å². The standard InChI is InChI=1S/C18H29N5O3/c1-12(2)17(19)18(25)22-10-16(24)21-9-14-4-5-15(20-8-14)23-6-7-26-13(3)11-23/h4-5,8,12-13,17H,6-7,9-11,19H2,1-3H3,(H,21,24)(H,22,25)/t13?,17-/m0/s1. The topological polar surface area (TPSA) is 110 Å². The van der Waals surface area contributed by atoms with Crippen LogP contribution in [0.5, 0.6) is 0 Å². The maximum Gasteiger partial charge on any atom is 0.239 e. The molecule has 0 spiro atoms. The molecule has 4 N–H and O–H groups in total. The van der Waals surface area contributed by atoms with Crippen LogP contribution in [0.3, 0.4) is 0 Å². The number of rotatable bonds is 7. The van der Waals surface area contributed by atoms with E-state index in [1.165, 1.54) is 0 Å². The third kappa shape index (κ3) is 5.96. The summed E-state index contributed by atoms with van der Waals surface area (Å²) in [4.78, 5) is 30.2. The molecule has 1 aliphatic rings. The second kappa shape index (κ2) is 9.49. The Morgan fingerprint density at radius 2 is 2.15 bits per heavy atom. The van der Waals surface area contributed by atoms with Gasteiger partial charge in [0.1, 0.15) is 5.82 Å². The Morgan fingerprint density at radius 1 is 1.38 bits per heavy atom. The highest BCUT2D eigenvalue weighted by Crippen LogP contribution is 2.15. The van der Waals surface area contributed by atoms with Crippen molar-refractivity contribution in [2.24, 2.45) is 11.7 Å². The number of anilines is 1. The largest absolute Gasteiger partial charge is 0.375 e. The number of aromatic nitrogens is 1. The summed E-state index contributed by atoms with van der Waals surface area (Å²) in [6, 6.07) is 3.28. The van der Waals surface area contributed by atoms with E-state index in [2.05, 4.69) is 20.5 Å². The van der Waals surface area contributed by atoms with Crippen LogP contribution in [0.4, 0.5) is 5.82 Å². The van der Waals surface area contributed by atoms with E-state index in [-0.39, 0.29) is 30.4 Å². The molecule has 1 fully saturated rings. The fourth-order valence-corrected chi connectivity index (χ4v) is 2.59. The van der Waals surface area contributed by atoms with Crippen molar-refractivity contribution in [2.45, 2.75) is 39.5 Å². The van der Waals surface area contributed by atoms with Crippen LogP contribution in [0, 0.1) is 5.92 Å². The first kappa shape index (κ1) is 20.1. The molecule has 144 valence electrons. The van der Waals surface area contributed by atoms with Gasteiger partial charge in [-0.3, -0.25) is 9.59 Å². The van der Waals surface area contributed by atoms with Crippen LogP contribution in [0.25, 0.3) is 0 Å². The highest BCUT2D eigenvalue weighted by Gasteiger charge is 2.18. The number of nitrogens with one attached hydrogen (secondary N) is 2. The van der Waals surface area contributed by atoms with Crippen LogP contribution in [-0.4, -0.2) is 55.2 Å². The van der Waals surface area contributed by atoms with Crippen molar-refractivity contribution in [2.75, 3.05) is 31.1 Å². The Balaban J connectivity index is 1.75. The minimum absolute atomic E-state index is 0.0251. The van der Waals surface area contributed by atoms with Gasteiger partial charge in [-0.1, -0.05) is 19.9 Å². The first-order valence-electron chi connectivity index (χ1n) is 8.98. The normalized spacial score (nSPS) is 18.5. The molecule has 0 aliphatic carbocycles. The lowest BCUT2D eigenvalue weighted by Gasteiger charge is -2.32. The second-order valence-corrected chi connectivity index (χ2v) is 6.92. The predicted molar refractivity (Wildman–Crippen MR) is 99.5 cm³/mol. The van der Waals surface area contributed by atoms with E-state index in [0.717, 1.165) is 24.5 Å². The number of hydrogen-bond donors (Lipinski definition) is 3. The molecule has 2 rings (SSSR count). The third-order valence-corrected chi connectivity index (χ3v) is 4.31. The van der Waals surface area contributed by atoms with Gasteiger partial charge in [0, 0.05) is 25.8 Å². The Labute approximate surface area is 154 Å². The number of carbonyl (C=O) groups is 2. The summed E-state index contributed by atoms with van der Waals surface area (Å²) in [7, 11) is 0. The fraction of sp³-hybridized carbons (Fsp3) is 0.611. The molecule has 0 bridgehead atoms. The molecule has 2 atom stereocenters. The van der Waals surface area contributed by atoms with Gasteiger partial charge in [-0.05, 0) is 24.5 Å². The zero-order valence-corrected chi connectivity index (χ0v) is 15.7. The van der Waals surface area contributed by atoms with Gasteiger partial charge in [0.05, 0.1) is 25.3 Å². The van der Waals surface area contributed by atoms with Gasteiger partial charge < -0.3 is 26.0 Å². The number of ether oxygens (including phenoxy) is 1. The maximum atomic E-state index is 11.9. The third-order valence-electron chi connectivity index (χ3n) is 4.31. The zero-order valence-electron chi connectivity index (χ0n) is 15.7. The maximum absolute atomic E-state index is 11.9. The van der Waals surface area contributed by atoms with Gasteiger partial charge >= 0.3 is 0 Å². The first-order chi connectivity index (χ1) is 12.4. The first-order valence-corrected chi connectivity index (χ1v) is 8.98. The average molecular weight is 363 g/mol. The van der Waals surface area contributed by atoms with Crippen LogP contribution in [0.1, 0.15) is 26.3 Å². The van der Waals surface area contributed by atoms with E-state index in [0.29, 0.717) is 13.2 Å². The SMILES string of the molecule is CC1CN(c2ccc(CNC(=O)CNC(=O)[C@@H](N)C(C)C)cn2)CCO1. The van der Waals surface area contributed by atoms with Gasteiger partial charge in [-0.2, -0.15) is 0 Å². The van der Waals surface area contributed by atoms with Crippen molar-refractivity contribution < 1.29 is 14.3 Å². The second-order valence-electron chi connectivity index (χ2n) is 6.92. The number of amides is 2. The van der Waals surface area contributed by atoms with E-state index in [9.17, 15) is 9.59 Å². The molecule has 2 amide bonds. The van der Waals surface area contributed by atoms with E-state index in [1.54, 1.807) is 6.20 Å². The Morgan fingerprint density at radius 3 is 2.77 bits per heavy atom. The zero-order chi connectivity index (χ0) is 19.1. The molecular formula is C18H29N5O3. The Hall–Kier alpha value is -2.19. The molecule has 1 saturated heterocycles. The molecule has 2 heterocycles. The van der Waals surface area contributed by atoms with Crippen LogP contribution in [0.15, 0.2) is 18.3 Å². The lowest BCUT2D eigenvalue weighted by molar-refractivity contribution is -0.127. The predicted octanol–water partition coefficient (Wildman–Crippen LogP) is 0.0224. The van der Waals surface area contributed by atoms with Crippen molar-refractivity contribution >= 4 is 17.6 Å². The Bertz CT molecular complexity index is 605. The minimum atomic E-state index is -0.609. The highest BCUT2D eigenvalue weighted by molar-refractivity contribution is 5.87. The summed E-state index contributed by atoms with van der Waals surface area (Å²) in [5.74, 6) is 0.351. The minimum Gasteiger partial charge on any atom is -0.375 e. The fourth-order valence-electron chi connectivity index (χ4n) is 2.59. The summed E-state index contributed by atoms with van der Waals surface area (Å²) in [6.45, 7) is 8.38. The highest BCUT2D eigenvalue weighted by atomic mass is 16.5. The monoisotopic (exact) mass is 363 g/mol. The molecule has 8 heteroatoms. The number of nitrogens with zero attached hydrogens (tertiary/aromatic N) is 2. The van der Waals surface area contributed by atoms with Gasteiger partial charge in [0.2, 0.25) is 11.8 Å². The van der Waals surface area contributed by atoms with E-state index in [1.807, 2.05) is 32.9 Å². The molecule has 1 unspecified atom stereocenters. The van der Waals surface area contributed by atoms with Crippen LogP contribution in [0.2, 0.25) is 0 Å². The molecule has 0 saturated carbocycles. The summed E-state index contributed by atoms with van der Waals surface area (Å²) in [6.07, 6.45) is 1.95. The smallest absolute Gasteiger partial charge is 0.239 e. The molecule has 1 aliphatic heterocycles. The molecule has 0 radical (unpaired) electrons. The molecule has 1 aromatic heterocycles. The summed E-state index contributed by atoms with van der Waals surface area (Å²) in [5.41, 5.74) is 6.63. The number of morpholine rings is 1. The quantitative estimate of drug-likeness (QED) is 0.630. The molecule has 0 aromatic carbocycles. The van der Waals surface area contributed by atoms with E-state index in [4.69, 9.17) is 10.5 Å². The average Bonchev–Trinajstić information content (AvgIpc) is 2.64. The lowest BCUT2D eigenvalue weighted by Crippen LogP contribution is -2.47. The number of hydrogen-bond acceptors (Lipinski definition) is 6. The van der Waals surface area contributed by atoms with Gasteiger partial charge in [0.25, 0.3) is 0 Å². The van der Waals surface area contributed by atoms with Gasteiger partial charge in [0.15, 0.2) is 0 Å². The summed E-state index contributed by atoms with van der Waals surface area (Å²) >= 11 is 0. The van der Waals surface area contributed by atoms with Gasteiger partial charge in [-0.25, -0.2) is 4.98 Å². The van der Waals surface area contributed by atoms with Crippen LogP contribution < -0.4 is 21.3 Å².